The number of ether oxygens (including phenoxy) is 3. The third-order valence-corrected chi connectivity index (χ3v) is 10.1. The molecule has 0 radical (unpaired) electrons. The maximum atomic E-state index is 13.8. The minimum Gasteiger partial charge on any atom is -0.497 e. The Balaban J connectivity index is 0.00000736. The smallest absolute Gasteiger partial charge is 0.408 e. The Kier molecular flexibility index (Phi) is 17.4. The van der Waals surface area contributed by atoms with E-state index in [1.165, 1.54) is 0 Å². The third kappa shape index (κ3) is 13.1. The van der Waals surface area contributed by atoms with Gasteiger partial charge in [0.15, 0.2) is 9.84 Å². The van der Waals surface area contributed by atoms with E-state index >= 15 is 0 Å². The number of sulfone groups is 1. The number of methoxy groups -OCH3 is 1. The molecule has 0 bridgehead atoms. The van der Waals surface area contributed by atoms with Gasteiger partial charge in [0.25, 0.3) is 0 Å². The molecule has 2 aromatic rings. The van der Waals surface area contributed by atoms with Crippen molar-refractivity contribution in [1.29, 1.82) is 0 Å². The Morgan fingerprint density at radius 3 is 2.35 bits per heavy atom. The van der Waals surface area contributed by atoms with Gasteiger partial charge in [0.05, 0.1) is 43.5 Å². The van der Waals surface area contributed by atoms with Crippen LogP contribution in [0.15, 0.2) is 54.6 Å². The van der Waals surface area contributed by atoms with Gasteiger partial charge < -0.3 is 35.3 Å². The third-order valence-electron chi connectivity index (χ3n) is 7.81. The van der Waals surface area contributed by atoms with E-state index < -0.39 is 57.1 Å². The molecule has 0 saturated carbocycles. The van der Waals surface area contributed by atoms with Gasteiger partial charge in [-0.25, -0.2) is 13.2 Å². The van der Waals surface area contributed by atoms with Crippen molar-refractivity contribution >= 4 is 34.2 Å². The number of hydrogen-bond donors (Lipinski definition) is 4. The maximum absolute atomic E-state index is 13.8. The predicted octanol–water partition coefficient (Wildman–Crippen LogP) is 3.56. The van der Waals surface area contributed by atoms with Crippen LogP contribution in [-0.4, -0.2) is 87.7 Å². The van der Waals surface area contributed by atoms with Crippen molar-refractivity contribution < 1.29 is 37.3 Å². The zero-order chi connectivity index (χ0) is 32.7. The molecular weight excluding hydrogens is 634 g/mol. The molecule has 1 saturated heterocycles. The van der Waals surface area contributed by atoms with Gasteiger partial charge in [-0.2, -0.15) is 0 Å². The van der Waals surface area contributed by atoms with E-state index in [1.807, 2.05) is 68.4 Å². The summed E-state index contributed by atoms with van der Waals surface area (Å²) >= 11 is 0. The van der Waals surface area contributed by atoms with Crippen molar-refractivity contribution in [2.75, 3.05) is 32.6 Å². The molecule has 4 atom stereocenters. The summed E-state index contributed by atoms with van der Waals surface area (Å²) in [7, 11) is -2.18. The molecule has 1 heterocycles. The standard InChI is InChI=1S/C33H49N3O8S.ClH/c1-4-10-28(11-5-2)45(40,41)23-30(36-33(39)44-27-16-17-43-22-27)32(38)35-29(19-24-12-7-6-8-13-24)31(37)21-34-20-25-14-9-15-26(18-25)42-3;/h6-9,12-15,18,27-31,34,37H,4-5,10-11,16-17,19-23H2,1-3H3,(H,35,38)(H,36,39);1H/t27-,29-,30?,31+;/m0./s1. The molecule has 2 aromatic carbocycles. The summed E-state index contributed by atoms with van der Waals surface area (Å²) in [6.45, 7) is 5.13. The Hall–Kier alpha value is -2.90. The number of carbonyl (C=O) groups excluding carboxylic acids is 2. The maximum Gasteiger partial charge on any atom is 0.408 e. The monoisotopic (exact) mass is 683 g/mol. The number of amides is 2. The summed E-state index contributed by atoms with van der Waals surface area (Å²) in [4.78, 5) is 26.6. The Labute approximate surface area is 279 Å². The van der Waals surface area contributed by atoms with Crippen LogP contribution < -0.4 is 20.7 Å². The van der Waals surface area contributed by atoms with Crippen LogP contribution in [-0.2, 0) is 37.1 Å². The minimum atomic E-state index is -3.77. The highest BCUT2D eigenvalue weighted by molar-refractivity contribution is 7.92. The molecule has 258 valence electrons. The van der Waals surface area contributed by atoms with Crippen molar-refractivity contribution in [3.05, 3.63) is 65.7 Å². The lowest BCUT2D eigenvalue weighted by molar-refractivity contribution is -0.124. The summed E-state index contributed by atoms with van der Waals surface area (Å²) < 4.78 is 43.0. The summed E-state index contributed by atoms with van der Waals surface area (Å²) in [5.74, 6) is -0.573. The second kappa shape index (κ2) is 20.4. The number of alkyl carbamates (subject to hydrolysis) is 1. The van der Waals surface area contributed by atoms with Crippen LogP contribution in [0.4, 0.5) is 4.79 Å². The van der Waals surface area contributed by atoms with Gasteiger partial charge in [0.2, 0.25) is 5.91 Å². The van der Waals surface area contributed by atoms with E-state index in [2.05, 4.69) is 16.0 Å². The van der Waals surface area contributed by atoms with Crippen molar-refractivity contribution in [3.63, 3.8) is 0 Å². The van der Waals surface area contributed by atoms with E-state index in [9.17, 15) is 23.1 Å². The minimum absolute atomic E-state index is 0. The number of benzene rings is 2. The zero-order valence-corrected chi connectivity index (χ0v) is 28.6. The van der Waals surface area contributed by atoms with E-state index in [4.69, 9.17) is 14.2 Å². The molecular formula is C33H50ClN3O8S. The van der Waals surface area contributed by atoms with Crippen LogP contribution in [0.5, 0.6) is 5.75 Å². The lowest BCUT2D eigenvalue weighted by atomic mass is 10.0. The van der Waals surface area contributed by atoms with Crippen LogP contribution in [0.3, 0.4) is 0 Å². The Morgan fingerprint density at radius 1 is 1.02 bits per heavy atom. The number of aliphatic hydroxyl groups is 1. The molecule has 1 aliphatic heterocycles. The first-order valence-electron chi connectivity index (χ1n) is 15.8. The Morgan fingerprint density at radius 2 is 1.72 bits per heavy atom. The SMILES string of the molecule is CCCC(CCC)S(=O)(=O)CC(NC(=O)O[C@H]1CCOC1)C(=O)N[C@@H](Cc1ccccc1)[C@H](O)CNCc1cccc(OC)c1.Cl. The first-order chi connectivity index (χ1) is 21.6. The molecule has 1 aliphatic rings. The number of rotatable bonds is 19. The van der Waals surface area contributed by atoms with Gasteiger partial charge in [0, 0.05) is 19.5 Å². The number of nitrogens with one attached hydrogen (secondary N) is 3. The highest BCUT2D eigenvalue weighted by atomic mass is 35.5. The lowest BCUT2D eigenvalue weighted by Gasteiger charge is -2.28. The molecule has 4 N–H and O–H groups in total. The molecule has 0 spiro atoms. The van der Waals surface area contributed by atoms with Crippen LogP contribution in [0.1, 0.15) is 57.1 Å². The molecule has 1 unspecified atom stereocenters. The zero-order valence-electron chi connectivity index (χ0n) is 27.0. The van der Waals surface area contributed by atoms with Crippen molar-refractivity contribution in [2.24, 2.45) is 0 Å². The van der Waals surface area contributed by atoms with Crippen LogP contribution in [0.2, 0.25) is 0 Å². The molecule has 1 fully saturated rings. The molecule has 3 rings (SSSR count). The van der Waals surface area contributed by atoms with E-state index in [0.717, 1.165) is 16.9 Å². The lowest BCUT2D eigenvalue weighted by Crippen LogP contribution is -2.57. The normalized spacial score (nSPS) is 16.6. The van der Waals surface area contributed by atoms with Crippen LogP contribution >= 0.6 is 12.4 Å². The van der Waals surface area contributed by atoms with E-state index in [0.29, 0.717) is 45.3 Å². The summed E-state index contributed by atoms with van der Waals surface area (Å²) in [5.41, 5.74) is 1.83. The molecule has 11 nitrogen and oxygen atoms in total. The van der Waals surface area contributed by atoms with Gasteiger partial charge in [-0.05, 0) is 42.5 Å². The molecule has 0 aliphatic carbocycles. The summed E-state index contributed by atoms with van der Waals surface area (Å²) in [6, 6.07) is 14.7. The van der Waals surface area contributed by atoms with E-state index in [-0.39, 0.29) is 32.0 Å². The van der Waals surface area contributed by atoms with Gasteiger partial charge in [-0.3, -0.25) is 4.79 Å². The molecule has 46 heavy (non-hydrogen) atoms. The molecule has 2 amide bonds. The van der Waals surface area contributed by atoms with Crippen molar-refractivity contribution in [3.8, 4) is 5.75 Å². The first-order valence-corrected chi connectivity index (χ1v) is 17.5. The van der Waals surface area contributed by atoms with Gasteiger partial charge in [0.1, 0.15) is 17.9 Å². The Bertz CT molecular complexity index is 1290. The second-order valence-corrected chi connectivity index (χ2v) is 13.8. The van der Waals surface area contributed by atoms with Gasteiger partial charge in [-0.1, -0.05) is 69.2 Å². The number of hydrogen-bond acceptors (Lipinski definition) is 9. The fraction of sp³-hybridized carbons (Fsp3) is 0.576. The average Bonchev–Trinajstić information content (AvgIpc) is 3.53. The van der Waals surface area contributed by atoms with Crippen LogP contribution in [0.25, 0.3) is 0 Å². The first kappa shape index (κ1) is 39.3. The van der Waals surface area contributed by atoms with Gasteiger partial charge in [-0.15, -0.1) is 12.4 Å². The van der Waals surface area contributed by atoms with Crippen molar-refractivity contribution in [2.45, 2.75) is 88.5 Å². The summed E-state index contributed by atoms with van der Waals surface area (Å²) in [6.07, 6.45) is 0.680. The predicted molar refractivity (Wildman–Crippen MR) is 180 cm³/mol. The second-order valence-electron chi connectivity index (χ2n) is 11.5. The highest BCUT2D eigenvalue weighted by Crippen LogP contribution is 2.18. The van der Waals surface area contributed by atoms with Gasteiger partial charge >= 0.3 is 6.09 Å². The quantitative estimate of drug-likeness (QED) is 0.174. The summed E-state index contributed by atoms with van der Waals surface area (Å²) in [5, 5.41) is 19.2. The fourth-order valence-corrected chi connectivity index (χ4v) is 7.52. The number of halogens is 1. The molecule has 0 aromatic heterocycles. The number of aliphatic hydroxyl groups excluding tert-OH is 1. The van der Waals surface area contributed by atoms with Crippen LogP contribution in [0, 0.1) is 0 Å². The average molecular weight is 684 g/mol. The number of carbonyl (C=O) groups is 2. The topological polar surface area (TPSA) is 152 Å². The largest absolute Gasteiger partial charge is 0.497 e. The highest BCUT2D eigenvalue weighted by Gasteiger charge is 2.35. The van der Waals surface area contributed by atoms with E-state index in [1.54, 1.807) is 7.11 Å². The fourth-order valence-electron chi connectivity index (χ4n) is 5.36. The molecule has 13 heteroatoms. The van der Waals surface area contributed by atoms with Crippen molar-refractivity contribution in [1.82, 2.24) is 16.0 Å².